The molecule has 2 aromatic carbocycles. The molecule has 0 bridgehead atoms. The lowest BCUT2D eigenvalue weighted by Crippen LogP contribution is -2.44. The highest BCUT2D eigenvalue weighted by atomic mass is 35.5. The summed E-state index contributed by atoms with van der Waals surface area (Å²) in [5, 5.41) is 3.74. The van der Waals surface area contributed by atoms with Gasteiger partial charge in [-0.3, -0.25) is 0 Å². The summed E-state index contributed by atoms with van der Waals surface area (Å²) >= 11 is 7.56. The fourth-order valence-electron chi connectivity index (χ4n) is 13.6. The van der Waals surface area contributed by atoms with Gasteiger partial charge in [-0.2, -0.15) is 0 Å². The van der Waals surface area contributed by atoms with Crippen molar-refractivity contribution in [3.8, 4) is 0 Å². The van der Waals surface area contributed by atoms with Crippen LogP contribution in [0.4, 0.5) is 5.69 Å². The molecule has 5 aliphatic rings. The molecule has 0 N–H and O–H groups in total. The Morgan fingerprint density at radius 3 is 2.02 bits per heavy atom. The number of unbranched alkanes of at least 4 members (excludes halogenated alkanes) is 18. The molecule has 65 heavy (non-hydrogen) atoms. The molecule has 0 spiro atoms. The van der Waals surface area contributed by atoms with Gasteiger partial charge in [0, 0.05) is 47.3 Å². The summed E-state index contributed by atoms with van der Waals surface area (Å²) in [6.07, 6.45) is 49.2. The fraction of sp³-hybridized carbons (Fsp3) is 0.677. The van der Waals surface area contributed by atoms with Crippen LogP contribution in [0.1, 0.15) is 233 Å². The van der Waals surface area contributed by atoms with E-state index in [1.165, 1.54) is 212 Å². The molecule has 2 saturated carbocycles. The monoisotopic (exact) mass is 901 g/mol. The third-order valence-corrected chi connectivity index (χ3v) is 17.6. The lowest BCUT2D eigenvalue weighted by Gasteiger charge is -2.36. The topological polar surface area (TPSA) is 6.25 Å². The number of allylic oxidation sites excluding steroid dienone is 8. The Bertz CT molecular complexity index is 1990. The van der Waals surface area contributed by atoms with Gasteiger partial charge in [0.15, 0.2) is 17.7 Å². The average molecular weight is 902 g/mol. The minimum Gasteiger partial charge on any atom is -0.344 e. The molecule has 7 rings (SSSR count). The predicted molar refractivity (Wildman–Crippen MR) is 286 cm³/mol. The summed E-state index contributed by atoms with van der Waals surface area (Å²) in [6, 6.07) is 14.5. The third-order valence-electron chi connectivity index (χ3n) is 17.1. The Labute approximate surface area is 404 Å². The van der Waals surface area contributed by atoms with Gasteiger partial charge in [0.2, 0.25) is 0 Å². The van der Waals surface area contributed by atoms with Gasteiger partial charge in [0.1, 0.15) is 18.4 Å². The lowest BCUT2D eigenvalue weighted by atomic mass is 9.57. The highest BCUT2D eigenvalue weighted by Gasteiger charge is 2.66. The molecule has 0 saturated heterocycles. The number of hydrogen-bond donors (Lipinski definition) is 0. The number of hydrogen-bond acceptors (Lipinski definition) is 1. The first-order valence-electron chi connectivity index (χ1n) is 28.0. The summed E-state index contributed by atoms with van der Waals surface area (Å²) in [5.41, 5.74) is 8.61. The molecule has 3 heteroatoms. The van der Waals surface area contributed by atoms with Crippen LogP contribution in [-0.4, -0.2) is 29.4 Å². The van der Waals surface area contributed by atoms with Crippen molar-refractivity contribution in [2.45, 2.75) is 239 Å². The molecule has 0 radical (unpaired) electrons. The van der Waals surface area contributed by atoms with Crippen LogP contribution in [0.2, 0.25) is 0 Å². The molecule has 3 unspecified atom stereocenters. The lowest BCUT2D eigenvalue weighted by molar-refractivity contribution is -0.566. The predicted octanol–water partition coefficient (Wildman–Crippen LogP) is 18.9. The fourth-order valence-corrected chi connectivity index (χ4v) is 13.9. The quantitative estimate of drug-likeness (QED) is 0.0547. The van der Waals surface area contributed by atoms with Gasteiger partial charge in [0.25, 0.3) is 0 Å². The van der Waals surface area contributed by atoms with Crippen molar-refractivity contribution >= 4 is 33.8 Å². The van der Waals surface area contributed by atoms with E-state index in [9.17, 15) is 0 Å². The van der Waals surface area contributed by atoms with Crippen LogP contribution in [0.5, 0.6) is 0 Å². The summed E-state index contributed by atoms with van der Waals surface area (Å²) in [6.45, 7) is 17.0. The Kier molecular flexibility index (Phi) is 18.9. The molecule has 2 nitrogen and oxygen atoms in total. The van der Waals surface area contributed by atoms with Crippen LogP contribution < -0.4 is 4.90 Å². The van der Waals surface area contributed by atoms with E-state index in [2.05, 4.69) is 112 Å². The summed E-state index contributed by atoms with van der Waals surface area (Å²) in [4.78, 5) is 2.68. The largest absolute Gasteiger partial charge is 0.344 e. The third kappa shape index (κ3) is 12.1. The van der Waals surface area contributed by atoms with Gasteiger partial charge in [-0.05, 0) is 111 Å². The normalized spacial score (nSPS) is 24.0. The minimum atomic E-state index is -0.103. The van der Waals surface area contributed by atoms with Crippen LogP contribution in [0.25, 0.3) is 10.8 Å². The molecule has 356 valence electrons. The van der Waals surface area contributed by atoms with Crippen molar-refractivity contribution in [2.24, 2.45) is 17.3 Å². The maximum Gasteiger partial charge on any atom is 0.196 e. The van der Waals surface area contributed by atoms with Gasteiger partial charge in [-0.1, -0.05) is 191 Å². The summed E-state index contributed by atoms with van der Waals surface area (Å²) in [5.74, 6) is 3.50. The number of fused-ring (bicyclic) bond motifs is 6. The first kappa shape index (κ1) is 50.2. The Balaban J connectivity index is 1.09. The molecular weight excluding hydrogens is 808 g/mol. The van der Waals surface area contributed by atoms with Crippen molar-refractivity contribution in [2.75, 3.05) is 18.0 Å². The van der Waals surface area contributed by atoms with Crippen molar-refractivity contribution in [3.63, 3.8) is 0 Å². The number of nitrogens with zero attached hydrogens (tertiary/aromatic N) is 2. The van der Waals surface area contributed by atoms with Crippen LogP contribution in [-0.2, 0) is 5.41 Å². The molecule has 0 aromatic heterocycles. The highest BCUT2D eigenvalue weighted by molar-refractivity contribution is 6.32. The van der Waals surface area contributed by atoms with Gasteiger partial charge in [-0.25, -0.2) is 4.58 Å². The maximum atomic E-state index is 7.56. The van der Waals surface area contributed by atoms with E-state index in [0.717, 1.165) is 36.8 Å². The zero-order valence-corrected chi connectivity index (χ0v) is 43.5. The van der Waals surface area contributed by atoms with Crippen LogP contribution in [0.15, 0.2) is 82.6 Å². The Morgan fingerprint density at radius 2 is 1.32 bits per heavy atom. The SMILES string of the molecule is CCCCCCCCCCCCN1C(=CC=C2CCCC(C=CC3=[N+](CCCCCCCCCCCC)C4CCC5CCCC[C+]5C4C3(C)C)=C2Cl)C(C)(C)c2c1ccc1ccccc21. The van der Waals surface area contributed by atoms with Gasteiger partial charge < -0.3 is 4.90 Å². The molecule has 2 fully saturated rings. The molecular formula is C62H93ClN2+2. The van der Waals surface area contributed by atoms with E-state index < -0.39 is 0 Å². The molecule has 3 aliphatic carbocycles. The van der Waals surface area contributed by atoms with E-state index in [1.807, 2.05) is 5.92 Å². The van der Waals surface area contributed by atoms with Crippen molar-refractivity contribution in [3.05, 3.63) is 94.1 Å². The molecule has 3 atom stereocenters. The smallest absolute Gasteiger partial charge is 0.196 e. The van der Waals surface area contributed by atoms with Crippen molar-refractivity contribution < 1.29 is 4.58 Å². The van der Waals surface area contributed by atoms with Crippen molar-refractivity contribution in [1.29, 1.82) is 0 Å². The zero-order valence-electron chi connectivity index (χ0n) is 42.7. The second kappa shape index (κ2) is 24.5. The zero-order chi connectivity index (χ0) is 45.7. The summed E-state index contributed by atoms with van der Waals surface area (Å²) in [7, 11) is 0. The first-order chi connectivity index (χ1) is 31.7. The Hall–Kier alpha value is -2.71. The number of rotatable bonds is 25. The number of halogens is 1. The number of benzene rings is 2. The molecule has 2 aromatic rings. The van der Waals surface area contributed by atoms with Crippen molar-refractivity contribution in [1.82, 2.24) is 0 Å². The van der Waals surface area contributed by atoms with E-state index in [0.29, 0.717) is 12.0 Å². The second-order valence-electron chi connectivity index (χ2n) is 22.5. The van der Waals surface area contributed by atoms with Crippen LogP contribution >= 0.6 is 11.6 Å². The van der Waals surface area contributed by atoms with Crippen LogP contribution in [0, 0.1) is 23.2 Å². The molecule has 2 aliphatic heterocycles. The van der Waals surface area contributed by atoms with Gasteiger partial charge in [0.05, 0.1) is 11.8 Å². The van der Waals surface area contributed by atoms with Gasteiger partial charge >= 0.3 is 0 Å². The van der Waals surface area contributed by atoms with E-state index in [-0.39, 0.29) is 10.8 Å². The maximum absolute atomic E-state index is 7.56. The molecule has 2 heterocycles. The van der Waals surface area contributed by atoms with E-state index in [4.69, 9.17) is 11.6 Å². The Morgan fingerprint density at radius 1 is 0.677 bits per heavy atom. The average Bonchev–Trinajstić information content (AvgIpc) is 3.67. The number of anilines is 1. The first-order valence-corrected chi connectivity index (χ1v) is 28.3. The minimum absolute atomic E-state index is 0.103. The molecule has 0 amide bonds. The summed E-state index contributed by atoms with van der Waals surface area (Å²) < 4.78 is 2.94. The van der Waals surface area contributed by atoms with E-state index in [1.54, 1.807) is 5.71 Å². The standard InChI is InChI=1S/C62H93ClN2/c1-7-9-11-13-15-17-19-21-23-29-46-64-54-42-38-48-32-25-27-36-52(48)58(54)61(3,4)56(64)44-40-50-34-31-35-51(60(50)63)41-45-57-62(5,6)59-53-37-28-26-33-49(53)39-43-55(59)65(57)47-30-24-22-20-18-16-14-12-10-8-2/h25,27,32,36,38,40-42,44-45,49,55,59H,7-24,26,28-31,33-35,37,39,43,46-47H2,1-6H3/q+2. The van der Waals surface area contributed by atoms with Gasteiger partial charge in [-0.15, -0.1) is 0 Å². The second-order valence-corrected chi connectivity index (χ2v) is 22.9. The highest BCUT2D eigenvalue weighted by Crippen LogP contribution is 2.56. The van der Waals surface area contributed by atoms with Crippen LogP contribution in [0.3, 0.4) is 0 Å². The van der Waals surface area contributed by atoms with E-state index >= 15 is 0 Å².